The van der Waals surface area contributed by atoms with Gasteiger partial charge in [0, 0.05) is 16.9 Å². The minimum atomic E-state index is -1.43. The second kappa shape index (κ2) is 7.22. The lowest BCUT2D eigenvalue weighted by atomic mass is 9.64. The molecule has 1 spiro atoms. The number of benzene rings is 3. The molecule has 3 aliphatic heterocycles. The zero-order valence-electron chi connectivity index (χ0n) is 18.4. The quantitative estimate of drug-likeness (QED) is 0.599. The summed E-state index contributed by atoms with van der Waals surface area (Å²) in [6.45, 7) is 1.48. The van der Waals surface area contributed by atoms with Gasteiger partial charge in [-0.2, -0.15) is 0 Å². The van der Waals surface area contributed by atoms with E-state index in [0.29, 0.717) is 16.8 Å². The number of halogens is 1. The molecule has 34 heavy (non-hydrogen) atoms. The number of ketones is 2. The van der Waals surface area contributed by atoms with Gasteiger partial charge in [-0.1, -0.05) is 48.6 Å². The van der Waals surface area contributed by atoms with Crippen LogP contribution in [-0.4, -0.2) is 29.6 Å². The van der Waals surface area contributed by atoms with E-state index in [9.17, 15) is 18.8 Å². The fourth-order valence-corrected chi connectivity index (χ4v) is 6.11. The fourth-order valence-electron chi connectivity index (χ4n) is 6.11. The molecule has 3 heterocycles. The van der Waals surface area contributed by atoms with E-state index in [1.165, 1.54) is 31.2 Å². The van der Waals surface area contributed by atoms with Gasteiger partial charge < -0.3 is 10.2 Å². The van der Waals surface area contributed by atoms with Crippen LogP contribution < -0.4 is 10.2 Å². The highest BCUT2D eigenvalue weighted by atomic mass is 19.1. The smallest absolute Gasteiger partial charge is 0.238 e. The fraction of sp³-hybridized carbons (Fsp3) is 0.179. The third-order valence-electron chi connectivity index (χ3n) is 7.34. The van der Waals surface area contributed by atoms with Gasteiger partial charge in [0.2, 0.25) is 5.91 Å². The number of rotatable bonds is 3. The third kappa shape index (κ3) is 2.56. The third-order valence-corrected chi connectivity index (χ3v) is 7.34. The number of hydrogen-bond acceptors (Lipinski definition) is 4. The Bertz CT molecular complexity index is 1400. The Morgan fingerprint density at radius 1 is 0.971 bits per heavy atom. The molecule has 4 unspecified atom stereocenters. The van der Waals surface area contributed by atoms with Crippen LogP contribution in [0.1, 0.15) is 28.4 Å². The lowest BCUT2D eigenvalue weighted by Gasteiger charge is -2.36. The largest absolute Gasteiger partial charge is 0.352 e. The molecular formula is C28H21FN2O3. The maximum absolute atomic E-state index is 14.1. The Balaban J connectivity index is 1.66. The first-order valence-electron chi connectivity index (χ1n) is 11.2. The average molecular weight is 452 g/mol. The van der Waals surface area contributed by atoms with Gasteiger partial charge in [-0.05, 0) is 54.4 Å². The average Bonchev–Trinajstić information content (AvgIpc) is 3.32. The Labute approximate surface area is 195 Å². The van der Waals surface area contributed by atoms with Crippen LogP contribution in [0.5, 0.6) is 0 Å². The van der Waals surface area contributed by atoms with E-state index in [4.69, 9.17) is 0 Å². The normalized spacial score (nSPS) is 26.1. The molecular weight excluding hydrogens is 431 g/mol. The van der Waals surface area contributed by atoms with Crippen molar-refractivity contribution in [2.45, 2.75) is 24.4 Å². The standard InChI is InChI=1S/C28H21FN2O3/c1-16(32)26-28(20-7-3-4-8-21(20)30-27(28)34)24(25(33)18-10-13-19(29)14-11-18)23-15-12-17-6-2-5-9-22(17)31(23)26/h2-15,23-24,26H,1H3,(H,30,34). The van der Waals surface area contributed by atoms with Crippen molar-refractivity contribution in [2.75, 3.05) is 10.2 Å². The Morgan fingerprint density at radius 3 is 2.44 bits per heavy atom. The van der Waals surface area contributed by atoms with E-state index in [1.54, 1.807) is 6.07 Å². The highest BCUT2D eigenvalue weighted by Crippen LogP contribution is 2.57. The number of anilines is 2. The number of carbonyl (C=O) groups is 3. The van der Waals surface area contributed by atoms with Gasteiger partial charge in [0.15, 0.2) is 11.6 Å². The number of hydrogen-bond donors (Lipinski definition) is 1. The molecule has 0 aromatic heterocycles. The first-order chi connectivity index (χ1) is 16.4. The van der Waals surface area contributed by atoms with Crippen LogP contribution in [-0.2, 0) is 15.0 Å². The molecule has 3 aromatic carbocycles. The molecule has 1 amide bonds. The Morgan fingerprint density at radius 2 is 1.68 bits per heavy atom. The summed E-state index contributed by atoms with van der Waals surface area (Å²) in [5.74, 6) is -2.20. The first kappa shape index (κ1) is 20.5. The maximum atomic E-state index is 14.1. The van der Waals surface area contributed by atoms with Crippen molar-refractivity contribution in [3.05, 3.63) is 101 Å². The van der Waals surface area contributed by atoms with Gasteiger partial charge >= 0.3 is 0 Å². The molecule has 6 rings (SSSR count). The molecule has 0 radical (unpaired) electrons. The van der Waals surface area contributed by atoms with Crippen molar-refractivity contribution in [1.82, 2.24) is 0 Å². The number of para-hydroxylation sites is 2. The number of Topliss-reactive ketones (excluding diaryl/α,β-unsaturated/α-hetero) is 2. The predicted octanol–water partition coefficient (Wildman–Crippen LogP) is 4.39. The lowest BCUT2D eigenvalue weighted by Crippen LogP contribution is -2.54. The summed E-state index contributed by atoms with van der Waals surface area (Å²) in [5, 5.41) is 2.94. The van der Waals surface area contributed by atoms with E-state index in [0.717, 1.165) is 11.3 Å². The van der Waals surface area contributed by atoms with Crippen molar-refractivity contribution >= 4 is 34.9 Å². The molecule has 1 N–H and O–H groups in total. The number of fused-ring (bicyclic) bond motifs is 5. The van der Waals surface area contributed by atoms with Crippen LogP contribution >= 0.6 is 0 Å². The second-order valence-corrected chi connectivity index (χ2v) is 9.05. The van der Waals surface area contributed by atoms with E-state index >= 15 is 0 Å². The zero-order chi connectivity index (χ0) is 23.6. The Hall–Kier alpha value is -4.06. The molecule has 4 atom stereocenters. The van der Waals surface area contributed by atoms with E-state index in [1.807, 2.05) is 59.5 Å². The van der Waals surface area contributed by atoms with Crippen LogP contribution in [0.4, 0.5) is 15.8 Å². The van der Waals surface area contributed by atoms with Crippen molar-refractivity contribution in [3.63, 3.8) is 0 Å². The topological polar surface area (TPSA) is 66.5 Å². The van der Waals surface area contributed by atoms with E-state index in [2.05, 4.69) is 5.32 Å². The maximum Gasteiger partial charge on any atom is 0.238 e. The molecule has 3 aliphatic rings. The summed E-state index contributed by atoms with van der Waals surface area (Å²) in [4.78, 5) is 43.3. The number of amides is 1. The second-order valence-electron chi connectivity index (χ2n) is 9.05. The summed E-state index contributed by atoms with van der Waals surface area (Å²) >= 11 is 0. The minimum absolute atomic E-state index is 0.198. The van der Waals surface area contributed by atoms with Crippen LogP contribution in [0.25, 0.3) is 6.08 Å². The molecule has 0 saturated carbocycles. The van der Waals surface area contributed by atoms with Gasteiger partial charge in [0.1, 0.15) is 17.3 Å². The number of carbonyl (C=O) groups excluding carboxylic acids is 3. The van der Waals surface area contributed by atoms with Crippen molar-refractivity contribution < 1.29 is 18.8 Å². The highest BCUT2D eigenvalue weighted by Gasteiger charge is 2.70. The van der Waals surface area contributed by atoms with Gasteiger partial charge in [-0.25, -0.2) is 4.39 Å². The molecule has 0 bridgehead atoms. The summed E-state index contributed by atoms with van der Waals surface area (Å²) in [6, 6.07) is 18.9. The van der Waals surface area contributed by atoms with Crippen LogP contribution in [0.3, 0.4) is 0 Å². The summed E-state index contributed by atoms with van der Waals surface area (Å²) in [7, 11) is 0. The Kier molecular flexibility index (Phi) is 4.36. The molecule has 3 aromatic rings. The van der Waals surface area contributed by atoms with Crippen LogP contribution in [0, 0.1) is 11.7 Å². The molecule has 6 heteroatoms. The minimum Gasteiger partial charge on any atom is -0.352 e. The number of nitrogens with zero attached hydrogens (tertiary/aromatic N) is 1. The summed E-state index contributed by atoms with van der Waals surface area (Å²) in [5.41, 5.74) is 1.84. The van der Waals surface area contributed by atoms with Crippen LogP contribution in [0.15, 0.2) is 78.9 Å². The van der Waals surface area contributed by atoms with Crippen molar-refractivity contribution in [2.24, 2.45) is 5.92 Å². The predicted molar refractivity (Wildman–Crippen MR) is 127 cm³/mol. The zero-order valence-corrected chi connectivity index (χ0v) is 18.4. The van der Waals surface area contributed by atoms with Crippen molar-refractivity contribution in [1.29, 1.82) is 0 Å². The van der Waals surface area contributed by atoms with Gasteiger partial charge in [0.05, 0.1) is 12.0 Å². The van der Waals surface area contributed by atoms with E-state index in [-0.39, 0.29) is 17.5 Å². The summed E-state index contributed by atoms with van der Waals surface area (Å²) < 4.78 is 13.6. The van der Waals surface area contributed by atoms with Gasteiger partial charge in [-0.3, -0.25) is 14.4 Å². The van der Waals surface area contributed by atoms with E-state index < -0.39 is 29.2 Å². The monoisotopic (exact) mass is 452 g/mol. The molecule has 1 fully saturated rings. The van der Waals surface area contributed by atoms with Gasteiger partial charge in [-0.15, -0.1) is 0 Å². The first-order valence-corrected chi connectivity index (χ1v) is 11.2. The van der Waals surface area contributed by atoms with Gasteiger partial charge in [0.25, 0.3) is 0 Å². The molecule has 5 nitrogen and oxygen atoms in total. The molecule has 1 saturated heterocycles. The lowest BCUT2D eigenvalue weighted by molar-refractivity contribution is -0.127. The van der Waals surface area contributed by atoms with Crippen molar-refractivity contribution in [3.8, 4) is 0 Å². The molecule has 168 valence electrons. The summed E-state index contributed by atoms with van der Waals surface area (Å²) in [6.07, 6.45) is 3.85. The highest BCUT2D eigenvalue weighted by molar-refractivity contribution is 6.17. The van der Waals surface area contributed by atoms with Crippen LogP contribution in [0.2, 0.25) is 0 Å². The SMILES string of the molecule is CC(=O)C1N2c3ccccc3C=CC2C(C(=O)c2ccc(F)cc2)C12C(=O)Nc1ccccc12. The number of nitrogens with one attached hydrogen (secondary N) is 1. The molecule has 0 aliphatic carbocycles.